The number of Topliss-reactive ketones (excluding diaryl/α,β-unsaturated/α-hetero) is 2. The molecule has 7 nitrogen and oxygen atoms in total. The maximum atomic E-state index is 14.6. The topological polar surface area (TPSA) is 80.2 Å². The molecule has 4 atom stereocenters. The number of benzene rings is 2. The highest BCUT2D eigenvalue weighted by molar-refractivity contribution is 7.29. The maximum absolute atomic E-state index is 14.6. The van der Waals surface area contributed by atoms with Crippen LogP contribution in [-0.4, -0.2) is 18.2 Å². The van der Waals surface area contributed by atoms with E-state index in [9.17, 15) is 14.9 Å². The minimum atomic E-state index is -0.318. The van der Waals surface area contributed by atoms with Crippen molar-refractivity contribution in [3.8, 4) is 41.1 Å². The first-order chi connectivity index (χ1) is 43.5. The lowest BCUT2D eigenvalue weighted by molar-refractivity contribution is 0.103. The quantitative estimate of drug-likeness (QED) is 0.0266. The van der Waals surface area contributed by atoms with E-state index in [0.29, 0.717) is 52.5 Å². The summed E-state index contributed by atoms with van der Waals surface area (Å²) >= 11 is 33.2. The first kappa shape index (κ1) is 68.8. The average Bonchev–Trinajstić information content (AvgIpc) is 1.54. The minimum absolute atomic E-state index is 0.170. The summed E-state index contributed by atoms with van der Waals surface area (Å²) in [6.45, 7) is 43.0. The molecule has 6 aromatic rings. The van der Waals surface area contributed by atoms with Gasteiger partial charge in [0.15, 0.2) is 11.6 Å². The van der Waals surface area contributed by atoms with Gasteiger partial charge in [-0.15, -0.1) is 45.3 Å². The van der Waals surface area contributed by atoms with Gasteiger partial charge in [-0.1, -0.05) is 198 Å². The molecular weight excluding hydrogens is 1270 g/mol. The number of halogens is 4. The smallest absolute Gasteiger partial charge is 0.492 e. The molecule has 90 heavy (non-hydrogen) atoms. The molecular formula is C75H78Cl4N4O3S4. The Labute approximate surface area is 570 Å². The van der Waals surface area contributed by atoms with Crippen LogP contribution in [0.15, 0.2) is 71.2 Å². The van der Waals surface area contributed by atoms with E-state index in [-0.39, 0.29) is 70.9 Å². The third-order valence-electron chi connectivity index (χ3n) is 18.8. The first-order valence-corrected chi connectivity index (χ1v) is 37.0. The lowest BCUT2D eigenvalue weighted by atomic mass is 9.65. The number of rotatable bonds is 29. The van der Waals surface area contributed by atoms with Crippen LogP contribution in [0.4, 0.5) is 0 Å². The van der Waals surface area contributed by atoms with Crippen LogP contribution in [0.2, 0.25) is 20.1 Å². The highest BCUT2D eigenvalue weighted by Gasteiger charge is 2.49. The van der Waals surface area contributed by atoms with Gasteiger partial charge in [-0.3, -0.25) is 9.59 Å². The molecule has 4 aromatic heterocycles. The van der Waals surface area contributed by atoms with Crippen LogP contribution in [0.1, 0.15) is 229 Å². The van der Waals surface area contributed by atoms with Crippen molar-refractivity contribution >= 4 is 127 Å². The Hall–Kier alpha value is -5.54. The average molecular weight is 1350 g/mol. The molecule has 468 valence electrons. The van der Waals surface area contributed by atoms with Gasteiger partial charge in [0, 0.05) is 67.4 Å². The van der Waals surface area contributed by atoms with Gasteiger partial charge in [0.2, 0.25) is 0 Å². The van der Waals surface area contributed by atoms with Gasteiger partial charge in [-0.25, -0.2) is 10.1 Å². The van der Waals surface area contributed by atoms with E-state index >= 15 is 0 Å². The molecule has 2 aromatic carbocycles. The Bertz CT molecular complexity index is 3970. The molecule has 0 N–H and O–H groups in total. The number of carbonyl (C=O) groups excluding carboxylic acids is 2. The van der Waals surface area contributed by atoms with Crippen molar-refractivity contribution < 1.29 is 14.3 Å². The molecule has 0 amide bonds. The predicted molar refractivity (Wildman–Crippen MR) is 383 cm³/mol. The Kier molecular flexibility index (Phi) is 23.6. The molecule has 3 aliphatic carbocycles. The van der Waals surface area contributed by atoms with Crippen LogP contribution in [-0.2, 0) is 11.8 Å². The lowest BCUT2D eigenvalue weighted by Crippen LogP contribution is -2.31. The summed E-state index contributed by atoms with van der Waals surface area (Å²) in [7, 11) is 0. The highest BCUT2D eigenvalue weighted by atomic mass is 35.5. The molecule has 0 spiro atoms. The fourth-order valence-electron chi connectivity index (χ4n) is 13.6. The van der Waals surface area contributed by atoms with Crippen molar-refractivity contribution in [2.45, 2.75) is 183 Å². The number of hydrogen-bond acceptors (Lipinski definition) is 8. The number of thiophene rings is 4. The highest BCUT2D eigenvalue weighted by Crippen LogP contribution is 2.64. The van der Waals surface area contributed by atoms with Gasteiger partial charge in [-0.2, -0.15) is 9.69 Å². The molecule has 0 saturated carbocycles. The van der Waals surface area contributed by atoms with E-state index in [2.05, 4.69) is 94.2 Å². The predicted octanol–water partition coefficient (Wildman–Crippen LogP) is 25.9. The van der Waals surface area contributed by atoms with E-state index in [1.807, 2.05) is 40.9 Å². The standard InChI is InChI=1S/C75H78Cl4N4O3S4/c1-12-20-24-43(16-5)28-47-29-48(30-54-66(62(41-80)81-9)50-33-58(76)60(78)35-52(50)68(54)84)87-70(47)64-37-56-71(89-64)72-57(75(56,39-44(17-6)25-21-13-2)40-45(18-7)26-22-14-3)38-65(90-72)73-63(86-42-46(19-8)27-23-15-4)32-49(88-73)31-55-67(74(82-10)83-11)51-34-59(77)61(79)36-53(51)69(55)85/h29-38,43-46H,12-28,39-40,42H2,1-8H3/b54-30-,55-31-,66-62-. The van der Waals surface area contributed by atoms with Crippen molar-refractivity contribution in [1.29, 1.82) is 5.26 Å². The van der Waals surface area contributed by atoms with Crippen molar-refractivity contribution in [2.24, 2.45) is 23.7 Å². The Morgan fingerprint density at radius 2 is 0.978 bits per heavy atom. The Morgan fingerprint density at radius 1 is 0.544 bits per heavy atom. The van der Waals surface area contributed by atoms with E-state index < -0.39 is 0 Å². The fourth-order valence-corrected chi connectivity index (χ4v) is 19.4. The number of allylic oxidation sites excluding steroid dienone is 5. The van der Waals surface area contributed by atoms with Crippen molar-refractivity contribution in [3.63, 3.8) is 0 Å². The van der Waals surface area contributed by atoms with E-state index in [4.69, 9.17) is 70.9 Å². The normalized spacial score (nSPS) is 17.6. The molecule has 0 fully saturated rings. The largest absolute Gasteiger partial charge is 0.528 e. The summed E-state index contributed by atoms with van der Waals surface area (Å²) in [5, 5.41) is 11.3. The van der Waals surface area contributed by atoms with Gasteiger partial charge in [0.25, 0.3) is 5.70 Å². The lowest BCUT2D eigenvalue weighted by Gasteiger charge is -2.37. The SMILES string of the molecule is [C-]#[N+]C([N+]#[C-])=C1/C(=C/c2cc(OCC(CC)CCCC)c(-c3cc4c(s3)-c3sc(-c5sc(/C=C6\C(=O)c7cc(Cl)c(Cl)cc7\C6=C(/C#N)[N+]#[C-])cc5CC(CC)CCCC)cc3C4(CC(CC)CCCC)CC(CC)CCCC)s2)C(=O)c2cc(Cl)c(Cl)cc21. The third-order valence-corrected chi connectivity index (χ3v) is 25.2. The number of unbranched alkanes of at least 4 members (excludes halogenated alkanes) is 4. The van der Waals surface area contributed by atoms with E-state index in [0.717, 1.165) is 147 Å². The summed E-state index contributed by atoms with van der Waals surface area (Å²) in [5.41, 5.74) is 6.16. The molecule has 3 aliphatic rings. The second-order valence-electron chi connectivity index (χ2n) is 24.5. The number of nitrogens with zero attached hydrogens (tertiary/aromatic N) is 4. The third kappa shape index (κ3) is 14.0. The number of hydrogen-bond donors (Lipinski definition) is 0. The number of ether oxygens (including phenoxy) is 1. The van der Waals surface area contributed by atoms with Crippen LogP contribution in [0, 0.1) is 54.7 Å². The summed E-state index contributed by atoms with van der Waals surface area (Å²) < 4.78 is 7.05. The van der Waals surface area contributed by atoms with Gasteiger partial charge in [0.1, 0.15) is 18.9 Å². The Morgan fingerprint density at radius 3 is 1.44 bits per heavy atom. The number of ketones is 2. The maximum Gasteiger partial charge on any atom is 0.528 e. The van der Waals surface area contributed by atoms with Crippen LogP contribution in [0.25, 0.3) is 67.1 Å². The summed E-state index contributed by atoms with van der Waals surface area (Å²) in [6, 6.07) is 17.7. The number of fused-ring (bicyclic) bond motifs is 5. The molecule has 4 heterocycles. The van der Waals surface area contributed by atoms with Crippen LogP contribution >= 0.6 is 91.8 Å². The van der Waals surface area contributed by atoms with Crippen molar-refractivity contribution in [2.75, 3.05) is 6.61 Å². The second kappa shape index (κ2) is 30.9. The summed E-state index contributed by atoms with van der Waals surface area (Å²) in [5.74, 6) is 1.69. The first-order valence-electron chi connectivity index (χ1n) is 32.2. The van der Waals surface area contributed by atoms with Crippen LogP contribution in [0.3, 0.4) is 0 Å². The zero-order valence-electron chi connectivity index (χ0n) is 52.9. The monoisotopic (exact) mass is 1350 g/mol. The molecule has 4 unspecified atom stereocenters. The van der Waals surface area contributed by atoms with Crippen LogP contribution in [0.5, 0.6) is 5.75 Å². The second-order valence-corrected chi connectivity index (χ2v) is 30.4. The molecule has 0 radical (unpaired) electrons. The summed E-state index contributed by atoms with van der Waals surface area (Å²) in [6.07, 6.45) is 24.3. The van der Waals surface area contributed by atoms with Gasteiger partial charge < -0.3 is 4.74 Å². The van der Waals surface area contributed by atoms with Gasteiger partial charge >= 0.3 is 5.82 Å². The van der Waals surface area contributed by atoms with Crippen molar-refractivity contribution in [3.05, 3.63) is 174 Å². The zero-order chi connectivity index (χ0) is 64.6. The van der Waals surface area contributed by atoms with E-state index in [1.165, 1.54) is 36.2 Å². The minimum Gasteiger partial charge on any atom is -0.492 e. The molecule has 15 heteroatoms. The fraction of sp³-hybridized carbons (Fsp3) is 0.440. The Balaban J connectivity index is 1.28. The molecule has 0 saturated heterocycles. The number of nitriles is 1. The van der Waals surface area contributed by atoms with Gasteiger partial charge in [0.05, 0.1) is 49.8 Å². The van der Waals surface area contributed by atoms with E-state index in [1.54, 1.807) is 46.9 Å². The number of carbonyl (C=O) groups is 2. The van der Waals surface area contributed by atoms with Crippen molar-refractivity contribution in [1.82, 2.24) is 0 Å². The molecule has 9 rings (SSSR count). The molecule has 0 aliphatic heterocycles. The zero-order valence-corrected chi connectivity index (χ0v) is 59.2. The van der Waals surface area contributed by atoms with Gasteiger partial charge in [-0.05, 0) is 138 Å². The summed E-state index contributed by atoms with van der Waals surface area (Å²) in [4.78, 5) is 48.7. The van der Waals surface area contributed by atoms with Crippen LogP contribution < -0.4 is 4.74 Å². The molecule has 0 bridgehead atoms.